The van der Waals surface area contributed by atoms with E-state index in [1.807, 2.05) is 31.1 Å². The summed E-state index contributed by atoms with van der Waals surface area (Å²) in [5.41, 5.74) is 2.14. The van der Waals surface area contributed by atoms with Crippen molar-refractivity contribution in [2.45, 2.75) is 50.7 Å². The number of rotatable bonds is 5. The molecule has 2 bridgehead atoms. The molecule has 2 saturated heterocycles. The van der Waals surface area contributed by atoms with Gasteiger partial charge in [0.1, 0.15) is 5.82 Å². The molecule has 4 heteroatoms. The van der Waals surface area contributed by atoms with E-state index in [4.69, 9.17) is 0 Å². The van der Waals surface area contributed by atoms with Crippen LogP contribution < -0.4 is 4.90 Å². The highest BCUT2D eigenvalue weighted by Crippen LogP contribution is 2.39. The van der Waals surface area contributed by atoms with Gasteiger partial charge in [0.2, 0.25) is 0 Å². The van der Waals surface area contributed by atoms with Gasteiger partial charge in [-0.05, 0) is 43.4 Å². The van der Waals surface area contributed by atoms with Gasteiger partial charge in [-0.2, -0.15) is 0 Å². The second kappa shape index (κ2) is 7.81. The predicted octanol–water partition coefficient (Wildman–Crippen LogP) is 4.16. The zero-order valence-corrected chi connectivity index (χ0v) is 16.3. The Morgan fingerprint density at radius 2 is 1.78 bits per heavy atom. The van der Waals surface area contributed by atoms with E-state index in [1.165, 1.54) is 24.8 Å². The van der Waals surface area contributed by atoms with Crippen molar-refractivity contribution in [2.24, 2.45) is 5.92 Å². The van der Waals surface area contributed by atoms with Gasteiger partial charge in [0.25, 0.3) is 0 Å². The number of fused-ring (bicyclic) bond motifs is 2. The molecule has 2 aliphatic rings. The third-order valence-electron chi connectivity index (χ3n) is 6.20. The minimum atomic E-state index is 0.138. The smallest absolute Gasteiger partial charge is 0.167 e. The molecule has 2 aliphatic heterocycles. The van der Waals surface area contributed by atoms with Gasteiger partial charge in [0.15, 0.2) is 5.78 Å². The molecular weight excluding hydrogens is 334 g/mol. The minimum absolute atomic E-state index is 0.138. The molecule has 2 unspecified atom stereocenters. The number of benzene rings is 1. The SMILES string of the molecule is CN(C)c1ccc(C(=O)C2CC3CCCC(C2)N3Cc2ccccc2)cn1. The fourth-order valence-corrected chi connectivity index (χ4v) is 4.78. The van der Waals surface area contributed by atoms with Crippen molar-refractivity contribution in [1.29, 1.82) is 0 Å². The van der Waals surface area contributed by atoms with Crippen LogP contribution in [0.2, 0.25) is 0 Å². The van der Waals surface area contributed by atoms with E-state index >= 15 is 0 Å². The van der Waals surface area contributed by atoms with Crippen LogP contribution in [0.1, 0.15) is 48.0 Å². The highest BCUT2D eigenvalue weighted by molar-refractivity contribution is 5.97. The number of nitrogens with zero attached hydrogens (tertiary/aromatic N) is 3. The molecule has 0 radical (unpaired) electrons. The van der Waals surface area contributed by atoms with E-state index in [0.29, 0.717) is 12.1 Å². The Balaban J connectivity index is 1.47. The van der Waals surface area contributed by atoms with Gasteiger partial charge in [0.05, 0.1) is 0 Å². The molecule has 0 aliphatic carbocycles. The average Bonchev–Trinajstić information content (AvgIpc) is 2.68. The minimum Gasteiger partial charge on any atom is -0.363 e. The van der Waals surface area contributed by atoms with Crippen LogP contribution in [0, 0.1) is 5.92 Å². The fourth-order valence-electron chi connectivity index (χ4n) is 4.78. The summed E-state index contributed by atoms with van der Waals surface area (Å²) >= 11 is 0. The number of carbonyl (C=O) groups excluding carboxylic acids is 1. The van der Waals surface area contributed by atoms with Gasteiger partial charge in [-0.25, -0.2) is 4.98 Å². The largest absolute Gasteiger partial charge is 0.363 e. The lowest BCUT2D eigenvalue weighted by Crippen LogP contribution is -2.52. The molecule has 2 fully saturated rings. The summed E-state index contributed by atoms with van der Waals surface area (Å²) in [5, 5.41) is 0. The van der Waals surface area contributed by atoms with Gasteiger partial charge < -0.3 is 4.90 Å². The van der Waals surface area contributed by atoms with Gasteiger partial charge in [-0.1, -0.05) is 36.8 Å². The number of pyridine rings is 1. The molecule has 4 nitrogen and oxygen atoms in total. The van der Waals surface area contributed by atoms with Crippen LogP contribution in [0.3, 0.4) is 0 Å². The summed E-state index contributed by atoms with van der Waals surface area (Å²) in [6, 6.07) is 15.7. The fraction of sp³-hybridized carbons (Fsp3) is 0.478. The first-order chi connectivity index (χ1) is 13.1. The maximum absolute atomic E-state index is 13.1. The maximum atomic E-state index is 13.1. The lowest BCUT2D eigenvalue weighted by atomic mass is 9.75. The molecule has 4 rings (SSSR count). The first-order valence-corrected chi connectivity index (χ1v) is 10.1. The van der Waals surface area contributed by atoms with Crippen LogP contribution in [0.5, 0.6) is 0 Å². The molecule has 142 valence electrons. The third-order valence-corrected chi connectivity index (χ3v) is 6.20. The van der Waals surface area contributed by atoms with Gasteiger partial charge in [-0.3, -0.25) is 9.69 Å². The second-order valence-corrected chi connectivity index (χ2v) is 8.23. The first kappa shape index (κ1) is 18.2. The van der Waals surface area contributed by atoms with E-state index < -0.39 is 0 Å². The third kappa shape index (κ3) is 3.91. The molecule has 1 aromatic carbocycles. The number of anilines is 1. The van der Waals surface area contributed by atoms with Crippen molar-refractivity contribution in [3.8, 4) is 0 Å². The highest BCUT2D eigenvalue weighted by Gasteiger charge is 2.40. The molecule has 0 N–H and O–H groups in total. The summed E-state index contributed by atoms with van der Waals surface area (Å²) in [7, 11) is 3.93. The predicted molar refractivity (Wildman–Crippen MR) is 109 cm³/mol. The molecule has 0 saturated carbocycles. The number of hydrogen-bond acceptors (Lipinski definition) is 4. The molecule has 2 atom stereocenters. The Morgan fingerprint density at radius 3 is 2.37 bits per heavy atom. The molecule has 0 spiro atoms. The molecule has 0 amide bonds. The van der Waals surface area contributed by atoms with Crippen molar-refractivity contribution in [2.75, 3.05) is 19.0 Å². The number of carbonyl (C=O) groups is 1. The molecule has 1 aromatic heterocycles. The summed E-state index contributed by atoms with van der Waals surface area (Å²) in [5.74, 6) is 1.31. The summed E-state index contributed by atoms with van der Waals surface area (Å²) in [6.45, 7) is 1.01. The number of piperidine rings is 2. The van der Waals surface area contributed by atoms with E-state index in [0.717, 1.165) is 30.8 Å². The molecule has 2 aromatic rings. The lowest BCUT2D eigenvalue weighted by molar-refractivity contribution is 0.00905. The standard InChI is InChI=1S/C23H29N3O/c1-25(2)22-12-11-18(15-24-22)23(27)19-13-20-9-6-10-21(14-19)26(20)16-17-7-4-3-5-8-17/h3-5,7-8,11-12,15,19-21H,6,9-10,13-14,16H2,1-2H3. The van der Waals surface area contributed by atoms with Crippen LogP contribution >= 0.6 is 0 Å². The van der Waals surface area contributed by atoms with Crippen molar-refractivity contribution in [3.05, 3.63) is 59.8 Å². The Labute approximate surface area is 162 Å². The van der Waals surface area contributed by atoms with Crippen LogP contribution in [0.4, 0.5) is 5.82 Å². The number of Topliss-reactive ketones (excluding diaryl/α,β-unsaturated/α-hetero) is 1. The lowest BCUT2D eigenvalue weighted by Gasteiger charge is -2.48. The maximum Gasteiger partial charge on any atom is 0.167 e. The van der Waals surface area contributed by atoms with Crippen LogP contribution in [-0.2, 0) is 6.54 Å². The Bertz CT molecular complexity index is 758. The van der Waals surface area contributed by atoms with E-state index in [1.54, 1.807) is 6.20 Å². The second-order valence-electron chi connectivity index (χ2n) is 8.23. The molecule has 27 heavy (non-hydrogen) atoms. The van der Waals surface area contributed by atoms with E-state index in [-0.39, 0.29) is 11.7 Å². The average molecular weight is 364 g/mol. The normalized spacial score (nSPS) is 25.2. The number of ketones is 1. The molecule has 3 heterocycles. The Morgan fingerprint density at radius 1 is 1.07 bits per heavy atom. The summed E-state index contributed by atoms with van der Waals surface area (Å²) in [4.78, 5) is 22.2. The highest BCUT2D eigenvalue weighted by atomic mass is 16.1. The van der Waals surface area contributed by atoms with Gasteiger partial charge in [-0.15, -0.1) is 0 Å². The van der Waals surface area contributed by atoms with Gasteiger partial charge >= 0.3 is 0 Å². The quantitative estimate of drug-likeness (QED) is 0.747. The summed E-state index contributed by atoms with van der Waals surface area (Å²) < 4.78 is 0. The van der Waals surface area contributed by atoms with Crippen molar-refractivity contribution in [3.63, 3.8) is 0 Å². The number of hydrogen-bond donors (Lipinski definition) is 0. The Kier molecular flexibility index (Phi) is 5.26. The molecular formula is C23H29N3O. The zero-order chi connectivity index (χ0) is 18.8. The van der Waals surface area contributed by atoms with E-state index in [9.17, 15) is 4.79 Å². The first-order valence-electron chi connectivity index (χ1n) is 10.1. The monoisotopic (exact) mass is 363 g/mol. The van der Waals surface area contributed by atoms with Crippen LogP contribution in [0.25, 0.3) is 0 Å². The van der Waals surface area contributed by atoms with Crippen molar-refractivity contribution < 1.29 is 4.79 Å². The van der Waals surface area contributed by atoms with Gasteiger partial charge in [0, 0.05) is 50.4 Å². The van der Waals surface area contributed by atoms with E-state index in [2.05, 4.69) is 40.2 Å². The van der Waals surface area contributed by atoms with Crippen molar-refractivity contribution >= 4 is 11.6 Å². The number of aromatic nitrogens is 1. The van der Waals surface area contributed by atoms with Crippen molar-refractivity contribution in [1.82, 2.24) is 9.88 Å². The summed E-state index contributed by atoms with van der Waals surface area (Å²) in [6.07, 6.45) is 7.44. The Hall–Kier alpha value is -2.20. The topological polar surface area (TPSA) is 36.4 Å². The van der Waals surface area contributed by atoms with Crippen LogP contribution in [-0.4, -0.2) is 41.8 Å². The zero-order valence-electron chi connectivity index (χ0n) is 16.3. The van der Waals surface area contributed by atoms with Crippen LogP contribution in [0.15, 0.2) is 48.7 Å².